The Labute approximate surface area is 230 Å². The molecule has 1 aliphatic rings. The summed E-state index contributed by atoms with van der Waals surface area (Å²) in [7, 11) is 0. The molecule has 1 aromatic heterocycles. The minimum Gasteiger partial charge on any atom is -0.485 e. The van der Waals surface area contributed by atoms with E-state index in [0.717, 1.165) is 5.56 Å². The predicted molar refractivity (Wildman–Crippen MR) is 145 cm³/mol. The molecule has 1 N–H and O–H groups in total. The van der Waals surface area contributed by atoms with Crippen molar-refractivity contribution in [2.24, 2.45) is 0 Å². The molecule has 1 atom stereocenters. The SMILES string of the molecule is C[C@@H](NC(=O)c1ccc(CN2C(=O)COc3ccc(C(=O)COc4ccc(Cl)cc4)cc32)o1)c1ccccc1. The lowest BCUT2D eigenvalue weighted by molar-refractivity contribution is -0.121. The summed E-state index contributed by atoms with van der Waals surface area (Å²) in [4.78, 5) is 39.8. The van der Waals surface area contributed by atoms with E-state index in [-0.39, 0.29) is 49.2 Å². The van der Waals surface area contributed by atoms with Gasteiger partial charge in [0, 0.05) is 10.6 Å². The molecular formula is C30H25ClN2O6. The maximum absolute atomic E-state index is 12.8. The number of rotatable bonds is 9. The van der Waals surface area contributed by atoms with Gasteiger partial charge in [0.1, 0.15) is 17.3 Å². The smallest absolute Gasteiger partial charge is 0.287 e. The number of nitrogens with one attached hydrogen (secondary N) is 1. The summed E-state index contributed by atoms with van der Waals surface area (Å²) in [5, 5.41) is 3.48. The maximum atomic E-state index is 12.8. The number of hydrogen-bond donors (Lipinski definition) is 1. The molecule has 0 spiro atoms. The van der Waals surface area contributed by atoms with Gasteiger partial charge in [0.25, 0.3) is 11.8 Å². The molecule has 0 fully saturated rings. The van der Waals surface area contributed by atoms with Gasteiger partial charge >= 0.3 is 0 Å². The van der Waals surface area contributed by atoms with Crippen LogP contribution in [-0.2, 0) is 11.3 Å². The van der Waals surface area contributed by atoms with Crippen molar-refractivity contribution in [1.29, 1.82) is 0 Å². The van der Waals surface area contributed by atoms with Crippen LogP contribution in [0.2, 0.25) is 5.02 Å². The fourth-order valence-electron chi connectivity index (χ4n) is 4.15. The lowest BCUT2D eigenvalue weighted by Crippen LogP contribution is -2.38. The van der Waals surface area contributed by atoms with E-state index in [1.54, 1.807) is 54.6 Å². The summed E-state index contributed by atoms with van der Waals surface area (Å²) in [6, 6.07) is 24.2. The third kappa shape index (κ3) is 6.13. The number of Topliss-reactive ketones (excluding diaryl/α,β-unsaturated/α-hetero) is 1. The zero-order valence-electron chi connectivity index (χ0n) is 21.1. The molecule has 39 heavy (non-hydrogen) atoms. The summed E-state index contributed by atoms with van der Waals surface area (Å²) in [5.74, 6) is 0.598. The first kappa shape index (κ1) is 26.1. The van der Waals surface area contributed by atoms with E-state index in [0.29, 0.717) is 33.5 Å². The lowest BCUT2D eigenvalue weighted by atomic mass is 10.1. The molecule has 2 heterocycles. The third-order valence-electron chi connectivity index (χ3n) is 6.25. The number of ketones is 1. The average molecular weight is 545 g/mol. The summed E-state index contributed by atoms with van der Waals surface area (Å²) in [5.41, 5.74) is 1.76. The third-order valence-corrected chi connectivity index (χ3v) is 6.51. The van der Waals surface area contributed by atoms with Crippen molar-refractivity contribution < 1.29 is 28.3 Å². The van der Waals surface area contributed by atoms with Gasteiger partial charge in [-0.15, -0.1) is 0 Å². The van der Waals surface area contributed by atoms with Gasteiger partial charge in [-0.1, -0.05) is 41.9 Å². The summed E-state index contributed by atoms with van der Waals surface area (Å²) in [6.07, 6.45) is 0. The Bertz CT molecular complexity index is 1500. The van der Waals surface area contributed by atoms with Gasteiger partial charge < -0.3 is 19.2 Å². The first-order chi connectivity index (χ1) is 18.9. The number of carbonyl (C=O) groups is 3. The Morgan fingerprint density at radius 2 is 1.79 bits per heavy atom. The van der Waals surface area contributed by atoms with Crippen LogP contribution in [0.5, 0.6) is 11.5 Å². The highest BCUT2D eigenvalue weighted by Gasteiger charge is 2.28. The zero-order valence-corrected chi connectivity index (χ0v) is 21.8. The fraction of sp³-hybridized carbons (Fsp3) is 0.167. The largest absolute Gasteiger partial charge is 0.485 e. The van der Waals surface area contributed by atoms with Crippen LogP contribution in [0.4, 0.5) is 5.69 Å². The molecule has 0 saturated carbocycles. The van der Waals surface area contributed by atoms with Crippen LogP contribution >= 0.6 is 11.6 Å². The maximum Gasteiger partial charge on any atom is 0.287 e. The first-order valence-corrected chi connectivity index (χ1v) is 12.7. The van der Waals surface area contributed by atoms with Gasteiger partial charge in [-0.05, 0) is 67.1 Å². The number of halogens is 1. The highest BCUT2D eigenvalue weighted by atomic mass is 35.5. The van der Waals surface area contributed by atoms with Gasteiger partial charge in [0.05, 0.1) is 18.3 Å². The van der Waals surface area contributed by atoms with E-state index < -0.39 is 0 Å². The normalized spacial score (nSPS) is 13.3. The Kier molecular flexibility index (Phi) is 7.65. The molecule has 3 aromatic carbocycles. The lowest BCUT2D eigenvalue weighted by Gasteiger charge is -2.29. The first-order valence-electron chi connectivity index (χ1n) is 12.3. The van der Waals surface area contributed by atoms with E-state index >= 15 is 0 Å². The van der Waals surface area contributed by atoms with Crippen LogP contribution in [-0.4, -0.2) is 30.8 Å². The Hall–Kier alpha value is -4.56. The van der Waals surface area contributed by atoms with Gasteiger partial charge in [0.2, 0.25) is 0 Å². The Balaban J connectivity index is 1.27. The minimum absolute atomic E-state index is 0.0651. The Morgan fingerprint density at radius 3 is 2.56 bits per heavy atom. The van der Waals surface area contributed by atoms with Crippen LogP contribution in [0.3, 0.4) is 0 Å². The summed E-state index contributed by atoms with van der Waals surface area (Å²) in [6.45, 7) is 1.62. The molecule has 0 saturated heterocycles. The van der Waals surface area contributed by atoms with Crippen molar-refractivity contribution >= 4 is 34.9 Å². The number of benzene rings is 3. The molecule has 0 unspecified atom stereocenters. The van der Waals surface area contributed by atoms with Crippen LogP contribution < -0.4 is 19.7 Å². The number of anilines is 1. The molecule has 0 bridgehead atoms. The molecule has 0 aliphatic carbocycles. The second kappa shape index (κ2) is 11.4. The van der Waals surface area contributed by atoms with Crippen molar-refractivity contribution in [2.75, 3.05) is 18.1 Å². The molecule has 1 aliphatic heterocycles. The second-order valence-corrected chi connectivity index (χ2v) is 9.43. The quantitative estimate of drug-likeness (QED) is 0.275. The topological polar surface area (TPSA) is 98.1 Å². The molecular weight excluding hydrogens is 520 g/mol. The van der Waals surface area contributed by atoms with E-state index in [9.17, 15) is 14.4 Å². The monoisotopic (exact) mass is 544 g/mol. The number of hydrogen-bond acceptors (Lipinski definition) is 6. The van der Waals surface area contributed by atoms with Gasteiger partial charge in [-0.25, -0.2) is 0 Å². The summed E-state index contributed by atoms with van der Waals surface area (Å²) < 4.78 is 16.9. The number of carbonyl (C=O) groups excluding carboxylic acids is 3. The molecule has 2 amide bonds. The van der Waals surface area contributed by atoms with Crippen molar-refractivity contribution in [2.45, 2.75) is 19.5 Å². The minimum atomic E-state index is -0.361. The van der Waals surface area contributed by atoms with Crippen molar-refractivity contribution in [1.82, 2.24) is 5.32 Å². The van der Waals surface area contributed by atoms with Gasteiger partial charge in [0.15, 0.2) is 24.8 Å². The number of amides is 2. The Morgan fingerprint density at radius 1 is 1.03 bits per heavy atom. The molecule has 5 rings (SSSR count). The fourth-order valence-corrected chi connectivity index (χ4v) is 4.27. The van der Waals surface area contributed by atoms with E-state index in [2.05, 4.69) is 5.32 Å². The average Bonchev–Trinajstić information content (AvgIpc) is 3.43. The zero-order chi connectivity index (χ0) is 27.4. The van der Waals surface area contributed by atoms with Crippen LogP contribution in [0, 0.1) is 0 Å². The molecule has 9 heteroatoms. The van der Waals surface area contributed by atoms with E-state index in [1.807, 2.05) is 37.3 Å². The molecule has 198 valence electrons. The van der Waals surface area contributed by atoms with Crippen molar-refractivity contribution in [3.63, 3.8) is 0 Å². The van der Waals surface area contributed by atoms with Gasteiger partial charge in [-0.2, -0.15) is 0 Å². The van der Waals surface area contributed by atoms with Crippen LogP contribution in [0.15, 0.2) is 89.3 Å². The molecule has 8 nitrogen and oxygen atoms in total. The van der Waals surface area contributed by atoms with Crippen molar-refractivity contribution in [3.05, 3.63) is 113 Å². The number of ether oxygens (including phenoxy) is 2. The predicted octanol–water partition coefficient (Wildman–Crippen LogP) is 5.61. The van der Waals surface area contributed by atoms with E-state index in [4.69, 9.17) is 25.5 Å². The molecule has 4 aromatic rings. The number of fused-ring (bicyclic) bond motifs is 1. The second-order valence-electron chi connectivity index (χ2n) is 8.99. The van der Waals surface area contributed by atoms with E-state index in [1.165, 1.54) is 4.90 Å². The number of nitrogens with zero attached hydrogens (tertiary/aromatic N) is 1. The van der Waals surface area contributed by atoms with Crippen LogP contribution in [0.25, 0.3) is 0 Å². The molecule has 0 radical (unpaired) electrons. The standard InChI is InChI=1S/C30H25ClN2O6/c1-19(20-5-3-2-4-6-20)32-30(36)28-14-12-24(39-28)16-33-25-15-21(7-13-27(25)38-18-29(33)35)26(34)17-37-23-10-8-22(31)9-11-23/h2-15,19H,16-18H2,1H3,(H,32,36)/t19-/m1/s1. The highest BCUT2D eigenvalue weighted by molar-refractivity contribution is 6.30. The van der Waals surface area contributed by atoms with Gasteiger partial charge in [-0.3, -0.25) is 19.3 Å². The highest BCUT2D eigenvalue weighted by Crippen LogP contribution is 2.34. The summed E-state index contributed by atoms with van der Waals surface area (Å²) >= 11 is 5.89. The van der Waals surface area contributed by atoms with Crippen LogP contribution in [0.1, 0.15) is 45.2 Å². The van der Waals surface area contributed by atoms with Crippen molar-refractivity contribution in [3.8, 4) is 11.5 Å². The number of furan rings is 1.